The monoisotopic (exact) mass is 496 g/mol. The summed E-state index contributed by atoms with van der Waals surface area (Å²) in [5.41, 5.74) is 0. The zero-order valence-corrected chi connectivity index (χ0v) is 22.7. The van der Waals surface area contributed by atoms with Crippen molar-refractivity contribution in [3.8, 4) is 0 Å². The van der Waals surface area contributed by atoms with E-state index in [2.05, 4.69) is 36.2 Å². The molecular formula is C27H44S4. The largest absolute Gasteiger partial charge is 0.179 e. The molecule has 6 saturated carbocycles. The zero-order valence-electron chi connectivity index (χ0n) is 19.2. The van der Waals surface area contributed by atoms with Gasteiger partial charge in [0.25, 0.3) is 0 Å². The molecule has 6 bridgehead atoms. The molecule has 0 nitrogen and oxygen atoms in total. The zero-order chi connectivity index (χ0) is 20.9. The summed E-state index contributed by atoms with van der Waals surface area (Å²) in [5.74, 6) is 13.5. The van der Waals surface area contributed by atoms with Crippen molar-refractivity contribution >= 4 is 48.8 Å². The fourth-order valence-corrected chi connectivity index (χ4v) is 13.5. The second-order valence-electron chi connectivity index (χ2n) is 12.4. The quantitative estimate of drug-likeness (QED) is 0.297. The second kappa shape index (κ2) is 9.81. The van der Waals surface area contributed by atoms with E-state index in [9.17, 15) is 0 Å². The summed E-state index contributed by atoms with van der Waals surface area (Å²) >= 11 is 14.1. The van der Waals surface area contributed by atoms with Crippen molar-refractivity contribution in [1.29, 1.82) is 0 Å². The standard InChI is InChI=1S/C27H44S4/c28-4-1-16-8-23-11-20(16)14-26(23)31-6-3-18-9-24-12-21(18)15-27(24)30-5-2-17-7-22-10-19(17)13-25(22)29/h16-29H,1-15H2. The molecule has 6 aliphatic carbocycles. The van der Waals surface area contributed by atoms with Gasteiger partial charge in [-0.3, -0.25) is 0 Å². The van der Waals surface area contributed by atoms with Crippen LogP contribution in [0.2, 0.25) is 0 Å². The van der Waals surface area contributed by atoms with Gasteiger partial charge >= 0.3 is 0 Å². The summed E-state index contributed by atoms with van der Waals surface area (Å²) in [7, 11) is 0. The van der Waals surface area contributed by atoms with Crippen molar-refractivity contribution in [2.24, 2.45) is 53.3 Å². The Morgan fingerprint density at radius 2 is 1.00 bits per heavy atom. The van der Waals surface area contributed by atoms with Gasteiger partial charge < -0.3 is 0 Å². The normalized spacial score (nSPS) is 52.1. The molecule has 0 heterocycles. The molecule has 0 aliphatic heterocycles. The first-order valence-corrected chi connectivity index (χ1v) is 16.9. The molecule has 0 spiro atoms. The third kappa shape index (κ3) is 4.65. The molecule has 0 aromatic carbocycles. The Bertz CT molecular complexity index is 622. The number of thioether (sulfide) groups is 2. The Morgan fingerprint density at radius 1 is 0.516 bits per heavy atom. The molecule has 12 atom stereocenters. The smallest absolute Gasteiger partial charge is 0.00782 e. The second-order valence-corrected chi connectivity index (χ2v) is 16.2. The number of fused-ring (bicyclic) bond motifs is 6. The highest BCUT2D eigenvalue weighted by Crippen LogP contribution is 2.57. The van der Waals surface area contributed by atoms with Crippen molar-refractivity contribution in [3.05, 3.63) is 0 Å². The average Bonchev–Trinajstić information content (AvgIpc) is 3.57. The Balaban J connectivity index is 0.868. The maximum atomic E-state index is 4.80. The lowest BCUT2D eigenvalue weighted by atomic mass is 9.86. The van der Waals surface area contributed by atoms with Gasteiger partial charge in [0.05, 0.1) is 0 Å². The van der Waals surface area contributed by atoms with Crippen LogP contribution in [0.15, 0.2) is 0 Å². The topological polar surface area (TPSA) is 0 Å². The van der Waals surface area contributed by atoms with E-state index in [0.717, 1.165) is 74.8 Å². The van der Waals surface area contributed by atoms with Crippen LogP contribution in [0.25, 0.3) is 0 Å². The first-order chi connectivity index (χ1) is 15.2. The maximum Gasteiger partial charge on any atom is 0.00782 e. The summed E-state index contributed by atoms with van der Waals surface area (Å²) in [6.45, 7) is 0. The lowest BCUT2D eigenvalue weighted by Crippen LogP contribution is -2.23. The number of hydrogen-bond acceptors (Lipinski definition) is 4. The minimum Gasteiger partial charge on any atom is -0.179 e. The molecule has 31 heavy (non-hydrogen) atoms. The van der Waals surface area contributed by atoms with Gasteiger partial charge in [0, 0.05) is 15.7 Å². The van der Waals surface area contributed by atoms with Gasteiger partial charge in [-0.2, -0.15) is 48.8 Å². The van der Waals surface area contributed by atoms with Crippen molar-refractivity contribution in [3.63, 3.8) is 0 Å². The Hall–Kier alpha value is 1.40. The maximum absolute atomic E-state index is 4.80. The fraction of sp³-hybridized carbons (Fsp3) is 1.00. The SMILES string of the molecule is SCCC1CC2CC1CC2SCCC1CC2CC1CC2SCCC1CC2CC1CC2S. The lowest BCUT2D eigenvalue weighted by Gasteiger charge is -2.30. The van der Waals surface area contributed by atoms with Gasteiger partial charge in [0.1, 0.15) is 0 Å². The number of rotatable bonds is 10. The van der Waals surface area contributed by atoms with Gasteiger partial charge in [-0.1, -0.05) is 0 Å². The summed E-state index contributed by atoms with van der Waals surface area (Å²) in [4.78, 5) is 0. The van der Waals surface area contributed by atoms with Gasteiger partial charge in [-0.05, 0) is 148 Å². The predicted molar refractivity (Wildman–Crippen MR) is 146 cm³/mol. The van der Waals surface area contributed by atoms with Crippen molar-refractivity contribution in [2.75, 3.05) is 17.3 Å². The molecule has 0 aromatic heterocycles. The molecule has 0 saturated heterocycles. The summed E-state index contributed by atoms with van der Waals surface area (Å²) < 4.78 is 0. The highest BCUT2D eigenvalue weighted by molar-refractivity contribution is 8.00. The van der Waals surface area contributed by atoms with Crippen LogP contribution in [0, 0.1) is 53.3 Å². The third-order valence-corrected chi connectivity index (χ3v) is 14.8. The molecular weight excluding hydrogens is 453 g/mol. The van der Waals surface area contributed by atoms with E-state index in [4.69, 9.17) is 12.6 Å². The van der Waals surface area contributed by atoms with Crippen molar-refractivity contribution < 1.29 is 0 Å². The minimum absolute atomic E-state index is 0.744. The van der Waals surface area contributed by atoms with Crippen LogP contribution in [0.4, 0.5) is 0 Å². The predicted octanol–water partition coefficient (Wildman–Crippen LogP) is 7.73. The van der Waals surface area contributed by atoms with Crippen LogP contribution in [-0.2, 0) is 0 Å². The molecule has 0 N–H and O–H groups in total. The molecule has 0 radical (unpaired) electrons. The van der Waals surface area contributed by atoms with E-state index in [-0.39, 0.29) is 0 Å². The molecule has 6 aliphatic rings. The van der Waals surface area contributed by atoms with Crippen molar-refractivity contribution in [2.45, 2.75) is 92.8 Å². The van der Waals surface area contributed by atoms with Crippen LogP contribution in [-0.4, -0.2) is 33.0 Å². The first-order valence-electron chi connectivity index (χ1n) is 13.7. The van der Waals surface area contributed by atoms with E-state index < -0.39 is 0 Å². The molecule has 0 amide bonds. The van der Waals surface area contributed by atoms with Crippen LogP contribution < -0.4 is 0 Å². The highest BCUT2D eigenvalue weighted by atomic mass is 32.2. The molecule has 4 heteroatoms. The summed E-state index contributed by atoms with van der Waals surface area (Å²) in [6, 6.07) is 0. The molecule has 6 rings (SSSR count). The van der Waals surface area contributed by atoms with E-state index >= 15 is 0 Å². The molecule has 176 valence electrons. The van der Waals surface area contributed by atoms with E-state index in [1.165, 1.54) is 56.5 Å². The Labute approximate surface area is 211 Å². The van der Waals surface area contributed by atoms with Crippen LogP contribution >= 0.6 is 48.8 Å². The Kier molecular flexibility index (Phi) is 7.22. The van der Waals surface area contributed by atoms with Gasteiger partial charge in [-0.15, -0.1) is 0 Å². The van der Waals surface area contributed by atoms with Gasteiger partial charge in [0.15, 0.2) is 0 Å². The van der Waals surface area contributed by atoms with Crippen LogP contribution in [0.5, 0.6) is 0 Å². The first kappa shape index (κ1) is 22.8. The fourth-order valence-electron chi connectivity index (χ4n) is 9.42. The number of hydrogen-bond donors (Lipinski definition) is 2. The Morgan fingerprint density at radius 3 is 1.42 bits per heavy atom. The number of thiol groups is 2. The minimum atomic E-state index is 0.744. The summed E-state index contributed by atoms with van der Waals surface area (Å²) in [5, 5.41) is 2.79. The molecule has 0 aromatic rings. The van der Waals surface area contributed by atoms with E-state index in [0.29, 0.717) is 0 Å². The van der Waals surface area contributed by atoms with E-state index in [1.807, 2.05) is 0 Å². The third-order valence-electron chi connectivity index (χ3n) is 11.0. The van der Waals surface area contributed by atoms with E-state index in [1.54, 1.807) is 32.1 Å². The summed E-state index contributed by atoms with van der Waals surface area (Å²) in [6.07, 6.45) is 18.2. The average molecular weight is 497 g/mol. The van der Waals surface area contributed by atoms with Gasteiger partial charge in [-0.25, -0.2) is 0 Å². The lowest BCUT2D eigenvalue weighted by molar-refractivity contribution is 0.325. The van der Waals surface area contributed by atoms with Crippen LogP contribution in [0.3, 0.4) is 0 Å². The molecule has 12 unspecified atom stereocenters. The van der Waals surface area contributed by atoms with Gasteiger partial charge in [0.2, 0.25) is 0 Å². The van der Waals surface area contributed by atoms with Crippen molar-refractivity contribution in [1.82, 2.24) is 0 Å². The van der Waals surface area contributed by atoms with Crippen LogP contribution in [0.1, 0.15) is 77.0 Å². The highest BCUT2D eigenvalue weighted by Gasteiger charge is 2.48. The molecule has 6 fully saturated rings.